The summed E-state index contributed by atoms with van der Waals surface area (Å²) in [5.74, 6) is -3.08. The highest BCUT2D eigenvalue weighted by Gasteiger charge is 2.38. The van der Waals surface area contributed by atoms with Crippen LogP contribution in [0.2, 0.25) is 0 Å². The van der Waals surface area contributed by atoms with Crippen LogP contribution >= 0.6 is 0 Å². The zero-order chi connectivity index (χ0) is 37.4. The van der Waals surface area contributed by atoms with Crippen LogP contribution in [0.4, 0.5) is 13.2 Å². The molecule has 0 saturated heterocycles. The van der Waals surface area contributed by atoms with Gasteiger partial charge in [-0.15, -0.1) is 0 Å². The first-order valence-corrected chi connectivity index (χ1v) is 16.0. The van der Waals surface area contributed by atoms with E-state index >= 15 is 0 Å². The fraction of sp³-hybridized carbons (Fsp3) is 0.263. The monoisotopic (exact) mass is 706 g/mol. The van der Waals surface area contributed by atoms with Crippen molar-refractivity contribution in [2.75, 3.05) is 40.3 Å². The van der Waals surface area contributed by atoms with E-state index in [1.807, 2.05) is 110 Å². The Morgan fingerprint density at radius 2 is 1.31 bits per heavy atom. The summed E-state index contributed by atoms with van der Waals surface area (Å²) in [6.45, 7) is 2.00. The van der Waals surface area contributed by atoms with Crippen LogP contribution in [-0.4, -0.2) is 90.2 Å². The number of hydrogen-bond acceptors (Lipinski definition) is 6. The maximum absolute atomic E-state index is 13.3. The number of phenolic OH excluding ortho intramolecular Hbond substituents is 1. The number of nitrogens with zero attached hydrogens (tertiary/aromatic N) is 2. The van der Waals surface area contributed by atoms with Crippen LogP contribution in [0.25, 0.3) is 11.1 Å². The molecule has 4 N–H and O–H groups in total. The van der Waals surface area contributed by atoms with Crippen LogP contribution in [0.3, 0.4) is 0 Å². The molecule has 51 heavy (non-hydrogen) atoms. The molecule has 0 atom stereocenters. The number of alkyl halides is 3. The van der Waals surface area contributed by atoms with Gasteiger partial charge in [-0.2, -0.15) is 13.2 Å². The van der Waals surface area contributed by atoms with E-state index in [1.54, 1.807) is 17.0 Å². The predicted octanol–water partition coefficient (Wildman–Crippen LogP) is 4.91. The molecule has 0 saturated carbocycles. The third kappa shape index (κ3) is 14.0. The zero-order valence-corrected chi connectivity index (χ0v) is 28.3. The molecule has 0 spiro atoms. The van der Waals surface area contributed by atoms with Gasteiger partial charge >= 0.3 is 12.1 Å². The summed E-state index contributed by atoms with van der Waals surface area (Å²) >= 11 is 0. The summed E-state index contributed by atoms with van der Waals surface area (Å²) in [4.78, 5) is 51.4. The number of likely N-dealkylation sites (N-methyl/N-ethyl adjacent to an activating group) is 1. The molecule has 0 radical (unpaired) electrons. The van der Waals surface area contributed by atoms with Crippen molar-refractivity contribution in [3.8, 4) is 16.9 Å². The lowest BCUT2D eigenvalue weighted by Gasteiger charge is -2.23. The third-order valence-corrected chi connectivity index (χ3v) is 7.50. The standard InChI is InChI=1S/C36H40N4O4.C2HF3O2/c1-39(2)23-21-37-36(44)33-11-7-6-10-32(33)30-16-12-29(13-17-30)26-40(22-20-27-14-18-31(41)19-15-27)35(43)25-38-34(42)24-28-8-4-3-5-9-28;3-2(4,5)1(6)7/h3-19,41H,20-26H2,1-2H3,(H,37,44)(H,38,42);(H,6,7). The first-order valence-electron chi connectivity index (χ1n) is 16.0. The number of carboxylic acids is 1. The van der Waals surface area contributed by atoms with Gasteiger partial charge < -0.3 is 30.6 Å². The van der Waals surface area contributed by atoms with Gasteiger partial charge in [-0.05, 0) is 66.5 Å². The smallest absolute Gasteiger partial charge is 0.490 e. The van der Waals surface area contributed by atoms with Crippen LogP contribution in [-0.2, 0) is 33.8 Å². The van der Waals surface area contributed by atoms with Crippen molar-refractivity contribution in [3.63, 3.8) is 0 Å². The van der Waals surface area contributed by atoms with Crippen molar-refractivity contribution in [1.29, 1.82) is 0 Å². The van der Waals surface area contributed by atoms with E-state index in [-0.39, 0.29) is 36.4 Å². The summed E-state index contributed by atoms with van der Waals surface area (Å²) < 4.78 is 31.7. The lowest BCUT2D eigenvalue weighted by Crippen LogP contribution is -2.41. The summed E-state index contributed by atoms with van der Waals surface area (Å²) in [7, 11) is 3.93. The highest BCUT2D eigenvalue weighted by molar-refractivity contribution is 6.00. The van der Waals surface area contributed by atoms with E-state index < -0.39 is 12.1 Å². The van der Waals surface area contributed by atoms with E-state index in [9.17, 15) is 32.7 Å². The number of carboxylic acid groups (broad SMARTS) is 1. The summed E-state index contributed by atoms with van der Waals surface area (Å²) in [6, 6.07) is 31.7. The van der Waals surface area contributed by atoms with Crippen LogP contribution in [0, 0.1) is 0 Å². The molecule has 0 aliphatic heterocycles. The molecule has 3 amide bonds. The third-order valence-electron chi connectivity index (χ3n) is 7.50. The largest absolute Gasteiger partial charge is 0.508 e. The Morgan fingerprint density at radius 3 is 1.92 bits per heavy atom. The fourth-order valence-corrected chi connectivity index (χ4v) is 4.78. The van der Waals surface area contributed by atoms with Crippen LogP contribution in [0.1, 0.15) is 27.0 Å². The number of carbonyl (C=O) groups excluding carboxylic acids is 3. The fourth-order valence-electron chi connectivity index (χ4n) is 4.78. The quantitative estimate of drug-likeness (QED) is 0.146. The molecule has 0 heterocycles. The molecule has 10 nitrogen and oxygen atoms in total. The number of halogens is 3. The lowest BCUT2D eigenvalue weighted by atomic mass is 9.98. The number of aliphatic carboxylic acids is 1. The maximum atomic E-state index is 13.3. The van der Waals surface area contributed by atoms with Crippen molar-refractivity contribution in [2.24, 2.45) is 0 Å². The molecule has 0 fully saturated rings. The van der Waals surface area contributed by atoms with Gasteiger partial charge in [-0.1, -0.05) is 84.9 Å². The minimum atomic E-state index is -5.08. The Bertz CT molecular complexity index is 1730. The van der Waals surface area contributed by atoms with Gasteiger partial charge in [0.25, 0.3) is 5.91 Å². The highest BCUT2D eigenvalue weighted by atomic mass is 19.4. The predicted molar refractivity (Wildman–Crippen MR) is 187 cm³/mol. The molecule has 13 heteroatoms. The van der Waals surface area contributed by atoms with Crippen LogP contribution < -0.4 is 10.6 Å². The number of benzene rings is 4. The Hall–Kier alpha value is -5.69. The average Bonchev–Trinajstić information content (AvgIpc) is 3.10. The summed E-state index contributed by atoms with van der Waals surface area (Å²) in [5.41, 5.74) is 5.15. The van der Waals surface area contributed by atoms with Crippen LogP contribution in [0.5, 0.6) is 5.75 Å². The number of amides is 3. The van der Waals surface area contributed by atoms with E-state index in [0.717, 1.165) is 34.4 Å². The van der Waals surface area contributed by atoms with E-state index in [1.165, 1.54) is 0 Å². The number of carbonyl (C=O) groups is 4. The second-order valence-electron chi connectivity index (χ2n) is 11.8. The van der Waals surface area contributed by atoms with Gasteiger partial charge in [0.2, 0.25) is 11.8 Å². The molecule has 0 aliphatic rings. The Balaban J connectivity index is 0.000000908. The first-order chi connectivity index (χ1) is 24.2. The molecular weight excluding hydrogens is 665 g/mol. The van der Waals surface area contributed by atoms with Gasteiger partial charge in [-0.25, -0.2) is 4.79 Å². The van der Waals surface area contributed by atoms with Gasteiger partial charge in [0.1, 0.15) is 5.75 Å². The second kappa shape index (κ2) is 19.5. The molecule has 0 aromatic heterocycles. The first kappa shape index (κ1) is 39.7. The van der Waals surface area contributed by atoms with Gasteiger partial charge in [-0.3, -0.25) is 14.4 Å². The topological polar surface area (TPSA) is 139 Å². The van der Waals surface area contributed by atoms with Crippen molar-refractivity contribution >= 4 is 23.7 Å². The Morgan fingerprint density at radius 1 is 0.725 bits per heavy atom. The number of phenols is 1. The SMILES string of the molecule is CN(C)CCNC(=O)c1ccccc1-c1ccc(CN(CCc2ccc(O)cc2)C(=O)CNC(=O)Cc2ccccc2)cc1.O=C(O)C(F)(F)F. The Labute approximate surface area is 294 Å². The molecule has 4 aromatic carbocycles. The van der Waals surface area contributed by atoms with Gasteiger partial charge in [0.15, 0.2) is 0 Å². The van der Waals surface area contributed by atoms with E-state index in [0.29, 0.717) is 31.6 Å². The number of aromatic hydroxyl groups is 1. The minimum absolute atomic E-state index is 0.102. The second-order valence-corrected chi connectivity index (χ2v) is 11.8. The maximum Gasteiger partial charge on any atom is 0.490 e. The lowest BCUT2D eigenvalue weighted by molar-refractivity contribution is -0.192. The molecule has 0 unspecified atom stereocenters. The molecule has 4 aromatic rings. The van der Waals surface area contributed by atoms with Crippen molar-refractivity contribution in [2.45, 2.75) is 25.6 Å². The van der Waals surface area contributed by atoms with Crippen molar-refractivity contribution in [1.82, 2.24) is 20.4 Å². The summed E-state index contributed by atoms with van der Waals surface area (Å²) in [5, 5.41) is 22.5. The molecule has 0 aliphatic carbocycles. The van der Waals surface area contributed by atoms with Crippen LogP contribution in [0.15, 0.2) is 103 Å². The van der Waals surface area contributed by atoms with Crippen molar-refractivity contribution in [3.05, 3.63) is 125 Å². The normalized spacial score (nSPS) is 10.9. The zero-order valence-electron chi connectivity index (χ0n) is 28.3. The van der Waals surface area contributed by atoms with E-state index in [4.69, 9.17) is 9.90 Å². The number of nitrogens with one attached hydrogen (secondary N) is 2. The summed E-state index contributed by atoms with van der Waals surface area (Å²) in [6.07, 6.45) is -4.28. The molecular formula is C38H41F3N4O6. The minimum Gasteiger partial charge on any atom is -0.508 e. The molecule has 0 bridgehead atoms. The number of hydrogen-bond donors (Lipinski definition) is 4. The van der Waals surface area contributed by atoms with Gasteiger partial charge in [0.05, 0.1) is 13.0 Å². The molecule has 4 rings (SSSR count). The Kier molecular flexibility index (Phi) is 15.2. The molecule has 270 valence electrons. The number of rotatable bonds is 14. The highest BCUT2D eigenvalue weighted by Crippen LogP contribution is 2.25. The average molecular weight is 707 g/mol. The van der Waals surface area contributed by atoms with Gasteiger partial charge in [0, 0.05) is 31.7 Å². The van der Waals surface area contributed by atoms with Crippen molar-refractivity contribution < 1.29 is 42.6 Å². The van der Waals surface area contributed by atoms with E-state index in [2.05, 4.69) is 10.6 Å².